The Morgan fingerprint density at radius 3 is 1.80 bits per heavy atom. The smallest absolute Gasteiger partial charge is 0.249 e. The molecule has 0 aromatic rings. The van der Waals surface area contributed by atoms with Gasteiger partial charge in [0.15, 0.2) is 0 Å². The van der Waals surface area contributed by atoms with Crippen LogP contribution >= 0.6 is 0 Å². The van der Waals surface area contributed by atoms with Crippen molar-refractivity contribution in [2.24, 2.45) is 0 Å². The van der Waals surface area contributed by atoms with E-state index < -0.39 is 6.16 Å². The van der Waals surface area contributed by atoms with Crippen LogP contribution in [-0.2, 0) is 0 Å². The summed E-state index contributed by atoms with van der Waals surface area (Å²) in [6.07, 6.45) is -2.08. The van der Waals surface area contributed by atoms with Gasteiger partial charge in [-0.1, -0.05) is 0 Å². The molecule has 0 aliphatic heterocycles. The zero-order valence-corrected chi connectivity index (χ0v) is 4.76. The van der Waals surface area contributed by atoms with Gasteiger partial charge in [-0.2, -0.15) is 0 Å². The number of hydrogen-bond donors (Lipinski definition) is 1. The van der Waals surface area contributed by atoms with Gasteiger partial charge in [-0.05, 0) is 0 Å². The Morgan fingerprint density at radius 2 is 1.80 bits per heavy atom. The summed E-state index contributed by atoms with van der Waals surface area (Å²) < 4.78 is 0. The van der Waals surface area contributed by atoms with E-state index in [0.29, 0.717) is 0 Å². The maximum Gasteiger partial charge on any atom is 0.249 e. The number of carbonyl (C=O) groups is 1. The lowest BCUT2D eigenvalue weighted by molar-refractivity contribution is -0.275. The Labute approximate surface area is 45.6 Å². The van der Waals surface area contributed by atoms with Gasteiger partial charge in [-0.3, -0.25) is 0 Å². The van der Waals surface area contributed by atoms with Crippen LogP contribution in [0.1, 0.15) is 0 Å². The molecule has 0 unspecified atom stereocenters. The minimum Gasteiger partial charge on any atom is -0.565 e. The van der Waals surface area contributed by atoms with Gasteiger partial charge in [-0.25, -0.2) is 0 Å². The third kappa shape index (κ3) is 0. The monoisotopic (exact) mass is 190 g/mol. The Morgan fingerprint density at radius 1 is 1.80 bits per heavy atom. The molecule has 0 aliphatic carbocycles. The maximum absolute atomic E-state index is 8.44. The first-order chi connectivity index (χ1) is 1.73. The van der Waals surface area contributed by atoms with E-state index in [0.717, 1.165) is 0 Å². The highest BCUT2D eigenvalue weighted by atomic mass is 127. The van der Waals surface area contributed by atoms with E-state index in [1.54, 1.807) is 0 Å². The molecule has 0 saturated carbocycles. The molecule has 0 heterocycles. The summed E-state index contributed by atoms with van der Waals surface area (Å²) in [4.78, 5) is 8.44. The van der Waals surface area contributed by atoms with Crippen LogP contribution in [0.2, 0.25) is 0 Å². The first-order valence-electron chi connectivity index (χ1n) is 0.632. The van der Waals surface area contributed by atoms with Gasteiger partial charge in [0.05, 0.1) is 0 Å². The van der Waals surface area contributed by atoms with Crippen LogP contribution in [0.15, 0.2) is 0 Å². The average Bonchev–Trinajstić information content (AvgIpc) is 0.811. The van der Waals surface area contributed by atoms with Crippen LogP contribution in [-0.4, -0.2) is 11.3 Å². The fourth-order valence-corrected chi connectivity index (χ4v) is 0. The molecule has 0 atom stereocenters. The molecular formula is CH3IO3. The molecule has 0 amide bonds. The second-order valence-electron chi connectivity index (χ2n) is 0.266. The van der Waals surface area contributed by atoms with Crippen molar-refractivity contribution in [3.05, 3.63) is 0 Å². The van der Waals surface area contributed by atoms with Crippen LogP contribution < -0.4 is 29.1 Å². The Bertz CT molecular complexity index is 29.9. The van der Waals surface area contributed by atoms with Crippen molar-refractivity contribution in [2.45, 2.75) is 0 Å². The third-order valence-electron chi connectivity index (χ3n) is 0. The molecule has 0 rings (SSSR count). The molecule has 0 saturated heterocycles. The molecule has 0 radical (unpaired) electrons. The normalized spacial score (nSPS) is 4.80. The summed E-state index contributed by atoms with van der Waals surface area (Å²) in [5, 5.41) is 15.3. The molecule has 0 bridgehead atoms. The summed E-state index contributed by atoms with van der Waals surface area (Å²) in [5.41, 5.74) is 0. The highest BCUT2D eigenvalue weighted by molar-refractivity contribution is 5.50. The topological polar surface area (TPSA) is 60.4 Å². The standard InChI is InChI=1S/CH2O3.H2I/c2-1(3)4;/h(H2,2,3,4);1H2/q;+1/p-1. The zero-order chi connectivity index (χ0) is 3.58. The summed E-state index contributed by atoms with van der Waals surface area (Å²) in [7, 11) is 0. The lowest BCUT2D eigenvalue weighted by Crippen LogP contribution is -3.00. The van der Waals surface area contributed by atoms with Gasteiger partial charge in [-0.15, -0.1) is 0 Å². The molecule has 3 nitrogen and oxygen atoms in total. The average molecular weight is 190 g/mol. The van der Waals surface area contributed by atoms with E-state index in [4.69, 9.17) is 15.0 Å². The zero-order valence-electron chi connectivity index (χ0n) is 2.21. The fraction of sp³-hybridized carbons (Fsp3) is 0. The molecule has 0 aliphatic rings. The van der Waals surface area contributed by atoms with E-state index in [2.05, 4.69) is 0 Å². The van der Waals surface area contributed by atoms with E-state index in [-0.39, 0.29) is 24.0 Å². The fourth-order valence-electron chi connectivity index (χ4n) is 0. The van der Waals surface area contributed by atoms with E-state index in [1.165, 1.54) is 0 Å². The number of rotatable bonds is 0. The van der Waals surface area contributed by atoms with Crippen molar-refractivity contribution in [3.63, 3.8) is 0 Å². The molecular weight excluding hydrogens is 187 g/mol. The number of hydrogen-bond acceptors (Lipinski definition) is 2. The third-order valence-corrected chi connectivity index (χ3v) is 0. The predicted octanol–water partition coefficient (Wildman–Crippen LogP) is -4.64. The van der Waals surface area contributed by atoms with Crippen molar-refractivity contribution in [3.8, 4) is 0 Å². The largest absolute Gasteiger partial charge is 0.565 e. The highest BCUT2D eigenvalue weighted by Gasteiger charge is 1.51. The van der Waals surface area contributed by atoms with Crippen LogP contribution in [0, 0.1) is 0 Å². The Balaban J connectivity index is 0. The highest BCUT2D eigenvalue weighted by Crippen LogP contribution is 1.32. The minimum atomic E-state index is -2.08. The van der Waals surface area contributed by atoms with Gasteiger partial charge >= 0.3 is 0 Å². The van der Waals surface area contributed by atoms with Crippen molar-refractivity contribution in [1.29, 1.82) is 0 Å². The molecule has 0 spiro atoms. The van der Waals surface area contributed by atoms with Crippen LogP contribution in [0.5, 0.6) is 0 Å². The van der Waals surface area contributed by atoms with Gasteiger partial charge in [0.2, 0.25) is 30.1 Å². The van der Waals surface area contributed by atoms with Crippen molar-refractivity contribution in [2.75, 3.05) is 0 Å². The molecule has 0 aromatic carbocycles. The maximum atomic E-state index is 8.44. The van der Waals surface area contributed by atoms with Gasteiger partial charge in [0, 0.05) is 0 Å². The number of carboxylic acid groups (broad SMARTS) is 2. The Hall–Kier alpha value is 0. The van der Waals surface area contributed by atoms with Crippen molar-refractivity contribution in [1.82, 2.24) is 0 Å². The SMILES string of the molecule is O=C([O-])O.[IH2+]. The first-order valence-corrected chi connectivity index (χ1v) is 0.632. The number of halogens is 1. The minimum absolute atomic E-state index is 0. The van der Waals surface area contributed by atoms with Gasteiger partial charge in [0.1, 0.15) is 0 Å². The van der Waals surface area contributed by atoms with Gasteiger partial charge < -0.3 is 15.0 Å². The van der Waals surface area contributed by atoms with Crippen molar-refractivity contribution >= 4 is 6.16 Å². The lowest BCUT2D eigenvalue weighted by Gasteiger charge is -1.74. The van der Waals surface area contributed by atoms with E-state index in [1.807, 2.05) is 0 Å². The van der Waals surface area contributed by atoms with Crippen LogP contribution in [0.25, 0.3) is 0 Å². The molecule has 1 N–H and O–H groups in total. The molecule has 0 fully saturated rings. The molecule has 4 heteroatoms. The summed E-state index contributed by atoms with van der Waals surface area (Å²) >= 11 is 0. The second kappa shape index (κ2) is 4.00. The molecule has 0 aromatic heterocycles. The first kappa shape index (κ1) is 8.89. The predicted molar refractivity (Wildman–Crippen MR) is 10.8 cm³/mol. The van der Waals surface area contributed by atoms with E-state index in [9.17, 15) is 0 Å². The van der Waals surface area contributed by atoms with Crippen molar-refractivity contribution < 1.29 is 39.0 Å². The van der Waals surface area contributed by atoms with E-state index >= 15 is 0 Å². The molecule has 32 valence electrons. The summed E-state index contributed by atoms with van der Waals surface area (Å²) in [6, 6.07) is 0. The van der Waals surface area contributed by atoms with Gasteiger partial charge in [0.25, 0.3) is 0 Å². The van der Waals surface area contributed by atoms with Crippen LogP contribution in [0.4, 0.5) is 4.79 Å². The lowest BCUT2D eigenvalue weighted by atomic mass is 11.5. The second-order valence-corrected chi connectivity index (χ2v) is 0.266. The summed E-state index contributed by atoms with van der Waals surface area (Å²) in [5.74, 6) is 0. The summed E-state index contributed by atoms with van der Waals surface area (Å²) in [6.45, 7) is 0. The Kier molecular flexibility index (Phi) is 7.11. The van der Waals surface area contributed by atoms with Crippen LogP contribution in [0.3, 0.4) is 0 Å². The quantitative estimate of drug-likeness (QED) is 0.391. The molecule has 5 heavy (non-hydrogen) atoms.